The first-order valence-corrected chi connectivity index (χ1v) is 9.66. The molecule has 0 heterocycles. The molecular weight excluding hydrogens is 300 g/mol. The van der Waals surface area contributed by atoms with E-state index in [-0.39, 0.29) is 5.91 Å². The number of amides is 1. The molecule has 0 rings (SSSR count). The van der Waals surface area contributed by atoms with Crippen molar-refractivity contribution >= 4 is 14.7 Å². The molecule has 0 aromatic carbocycles. The fraction of sp³-hybridized carbons (Fsp3) is 0.800. The van der Waals surface area contributed by atoms with Crippen LogP contribution in [0.25, 0.3) is 0 Å². The second-order valence-electron chi connectivity index (χ2n) is 5.93. The van der Waals surface area contributed by atoms with Crippen LogP contribution in [0.2, 0.25) is 6.04 Å². The van der Waals surface area contributed by atoms with Crippen LogP contribution in [0.3, 0.4) is 0 Å². The normalized spacial score (nSPS) is 12.8. The number of carbonyl (C=O) groups excluding carboxylic acids is 1. The molecule has 0 saturated heterocycles. The monoisotopic (exact) mass is 333 g/mol. The summed E-state index contributed by atoms with van der Waals surface area (Å²) in [5, 5.41) is 2.88. The average Bonchev–Trinajstić information content (AvgIpc) is 2.49. The molecule has 0 bridgehead atoms. The third-order valence-electron chi connectivity index (χ3n) is 3.74. The number of hydrogen-bond acceptors (Lipinski definition) is 4. The minimum absolute atomic E-state index is 0.0242. The highest BCUT2D eigenvalue weighted by Gasteiger charge is 2.37. The predicted molar refractivity (Wildman–Crippen MR) is 90.5 cm³/mol. The molecule has 0 aromatic heterocycles. The summed E-state index contributed by atoms with van der Waals surface area (Å²) in [4.78, 5) is 11.3. The van der Waals surface area contributed by atoms with Gasteiger partial charge < -0.3 is 23.1 Å². The second kappa shape index (κ2) is 10.9. The van der Waals surface area contributed by atoms with E-state index in [0.29, 0.717) is 6.54 Å². The predicted octanol–water partition coefficient (Wildman–Crippen LogP) is 1.41. The SMILES string of the molecule is CC=CC(=O)NCCC[N+](C)(C)CCC[Si](OC)(OC)OC. The van der Waals surface area contributed by atoms with Crippen LogP contribution in [0.1, 0.15) is 19.8 Å². The molecule has 0 aromatic rings. The van der Waals surface area contributed by atoms with Gasteiger partial charge >= 0.3 is 8.80 Å². The molecule has 0 spiro atoms. The van der Waals surface area contributed by atoms with Crippen molar-refractivity contribution in [1.82, 2.24) is 5.32 Å². The van der Waals surface area contributed by atoms with Crippen LogP contribution in [0.5, 0.6) is 0 Å². The lowest BCUT2D eigenvalue weighted by atomic mass is 10.3. The third kappa shape index (κ3) is 8.65. The van der Waals surface area contributed by atoms with Crippen LogP contribution in [0.15, 0.2) is 12.2 Å². The molecule has 1 N–H and O–H groups in total. The van der Waals surface area contributed by atoms with E-state index in [4.69, 9.17) is 13.3 Å². The fourth-order valence-electron chi connectivity index (χ4n) is 2.32. The van der Waals surface area contributed by atoms with E-state index in [1.807, 2.05) is 6.92 Å². The van der Waals surface area contributed by atoms with E-state index in [2.05, 4.69) is 19.4 Å². The topological polar surface area (TPSA) is 56.8 Å². The Morgan fingerprint density at radius 1 is 1.09 bits per heavy atom. The molecule has 22 heavy (non-hydrogen) atoms. The smallest absolute Gasteiger partial charge is 0.377 e. The molecule has 7 heteroatoms. The lowest BCUT2D eigenvalue weighted by molar-refractivity contribution is -0.890. The number of hydrogen-bond donors (Lipinski definition) is 1. The van der Waals surface area contributed by atoms with Gasteiger partial charge in [0, 0.05) is 46.8 Å². The van der Waals surface area contributed by atoms with E-state index in [0.717, 1.165) is 36.5 Å². The van der Waals surface area contributed by atoms with Crippen LogP contribution in [0, 0.1) is 0 Å². The third-order valence-corrected chi connectivity index (χ3v) is 6.57. The molecule has 0 atom stereocenters. The number of quaternary nitrogens is 1. The zero-order chi connectivity index (χ0) is 17.1. The standard InChI is InChI=1S/C15H32N2O4Si/c1-7-10-15(18)16-11-8-12-17(2,3)13-9-14-22(19-4,20-5)21-6/h7,10H,8-9,11-14H2,1-6H3/p+1. The Labute approximate surface area is 136 Å². The minimum atomic E-state index is -2.45. The summed E-state index contributed by atoms with van der Waals surface area (Å²) in [6.45, 7) is 4.58. The van der Waals surface area contributed by atoms with E-state index < -0.39 is 8.80 Å². The quantitative estimate of drug-likeness (QED) is 0.254. The number of nitrogens with zero attached hydrogens (tertiary/aromatic N) is 1. The summed E-state index contributed by atoms with van der Waals surface area (Å²) in [6.07, 6.45) is 5.23. The highest BCUT2D eigenvalue weighted by Crippen LogP contribution is 2.16. The van der Waals surface area contributed by atoms with Crippen LogP contribution in [-0.4, -0.2) is 74.3 Å². The highest BCUT2D eigenvalue weighted by atomic mass is 28.4. The Morgan fingerprint density at radius 2 is 1.64 bits per heavy atom. The maximum atomic E-state index is 11.3. The Hall–Kier alpha value is -0.733. The Balaban J connectivity index is 4.02. The average molecular weight is 334 g/mol. The van der Waals surface area contributed by atoms with Gasteiger partial charge in [0.2, 0.25) is 5.91 Å². The lowest BCUT2D eigenvalue weighted by Gasteiger charge is -2.31. The summed E-state index contributed by atoms with van der Waals surface area (Å²) < 4.78 is 17.2. The summed E-state index contributed by atoms with van der Waals surface area (Å²) >= 11 is 0. The lowest BCUT2D eigenvalue weighted by Crippen LogP contribution is -2.46. The van der Waals surface area contributed by atoms with Gasteiger partial charge in [-0.3, -0.25) is 4.79 Å². The van der Waals surface area contributed by atoms with Crippen molar-refractivity contribution in [3.8, 4) is 0 Å². The van der Waals surface area contributed by atoms with Crippen molar-refractivity contribution in [3.63, 3.8) is 0 Å². The minimum Gasteiger partial charge on any atom is -0.377 e. The van der Waals surface area contributed by atoms with Crippen LogP contribution >= 0.6 is 0 Å². The summed E-state index contributed by atoms with van der Waals surface area (Å²) in [6, 6.07) is 0.816. The number of rotatable bonds is 12. The van der Waals surface area contributed by atoms with Gasteiger partial charge in [0.15, 0.2) is 0 Å². The maximum absolute atomic E-state index is 11.3. The number of carbonyl (C=O) groups is 1. The fourth-order valence-corrected chi connectivity index (χ4v) is 4.02. The van der Waals surface area contributed by atoms with E-state index in [9.17, 15) is 4.79 Å². The highest BCUT2D eigenvalue weighted by molar-refractivity contribution is 6.60. The van der Waals surface area contributed by atoms with Crippen LogP contribution < -0.4 is 5.32 Å². The Kier molecular flexibility index (Phi) is 10.5. The van der Waals surface area contributed by atoms with E-state index >= 15 is 0 Å². The summed E-state index contributed by atoms with van der Waals surface area (Å²) in [5.41, 5.74) is 0. The molecule has 0 saturated carbocycles. The summed E-state index contributed by atoms with van der Waals surface area (Å²) in [7, 11) is 6.88. The zero-order valence-electron chi connectivity index (χ0n) is 15.0. The molecule has 0 radical (unpaired) electrons. The van der Waals surface area contributed by atoms with Gasteiger partial charge in [-0.2, -0.15) is 0 Å². The van der Waals surface area contributed by atoms with Gasteiger partial charge in [0.25, 0.3) is 0 Å². The first-order chi connectivity index (χ1) is 10.3. The van der Waals surface area contributed by atoms with Crippen molar-refractivity contribution in [2.24, 2.45) is 0 Å². The van der Waals surface area contributed by atoms with Gasteiger partial charge in [-0.25, -0.2) is 0 Å². The molecule has 0 aliphatic rings. The second-order valence-corrected chi connectivity index (χ2v) is 9.02. The largest absolute Gasteiger partial charge is 0.500 e. The van der Waals surface area contributed by atoms with Gasteiger partial charge in [-0.1, -0.05) is 6.08 Å². The van der Waals surface area contributed by atoms with E-state index in [1.54, 1.807) is 33.5 Å². The van der Waals surface area contributed by atoms with Gasteiger partial charge in [0.05, 0.1) is 27.2 Å². The van der Waals surface area contributed by atoms with Crippen molar-refractivity contribution in [3.05, 3.63) is 12.2 Å². The molecule has 130 valence electrons. The van der Waals surface area contributed by atoms with Crippen LogP contribution in [-0.2, 0) is 18.1 Å². The molecule has 6 nitrogen and oxygen atoms in total. The summed E-state index contributed by atoms with van der Waals surface area (Å²) in [5.74, 6) is -0.0242. The first kappa shape index (κ1) is 21.3. The zero-order valence-corrected chi connectivity index (χ0v) is 16.0. The number of allylic oxidation sites excluding steroid dienone is 1. The van der Waals surface area contributed by atoms with Gasteiger partial charge in [-0.05, 0) is 13.0 Å². The van der Waals surface area contributed by atoms with E-state index in [1.165, 1.54) is 0 Å². The molecule has 0 unspecified atom stereocenters. The molecule has 0 fully saturated rings. The first-order valence-electron chi connectivity index (χ1n) is 7.72. The van der Waals surface area contributed by atoms with Crippen LogP contribution in [0.4, 0.5) is 0 Å². The Bertz CT molecular complexity index is 336. The molecular formula is C15H33N2O4Si+. The molecule has 1 amide bonds. The maximum Gasteiger partial charge on any atom is 0.500 e. The Morgan fingerprint density at radius 3 is 2.14 bits per heavy atom. The van der Waals surface area contributed by atoms with Crippen molar-refractivity contribution in [2.45, 2.75) is 25.8 Å². The van der Waals surface area contributed by atoms with Crippen molar-refractivity contribution in [2.75, 3.05) is 55.1 Å². The number of nitrogens with one attached hydrogen (secondary N) is 1. The van der Waals surface area contributed by atoms with Crippen molar-refractivity contribution in [1.29, 1.82) is 0 Å². The van der Waals surface area contributed by atoms with Gasteiger partial charge in [-0.15, -0.1) is 0 Å². The molecule has 0 aliphatic heterocycles. The van der Waals surface area contributed by atoms with Gasteiger partial charge in [0.1, 0.15) is 0 Å². The van der Waals surface area contributed by atoms with Crippen molar-refractivity contribution < 1.29 is 22.6 Å². The molecule has 0 aliphatic carbocycles.